The van der Waals surface area contributed by atoms with Crippen molar-refractivity contribution in [3.63, 3.8) is 0 Å². The average molecular weight is 387 g/mol. The fraction of sp³-hybridized carbons (Fsp3) is 0.278. The Morgan fingerprint density at radius 3 is 2.44 bits per heavy atom. The summed E-state index contributed by atoms with van der Waals surface area (Å²) in [5, 5.41) is 13.1. The molecule has 1 atom stereocenters. The van der Waals surface area contributed by atoms with Crippen LogP contribution in [-0.2, 0) is 17.1 Å². The summed E-state index contributed by atoms with van der Waals surface area (Å²) in [5.74, 6) is -0.246. The Bertz CT molecular complexity index is 1130. The lowest BCUT2D eigenvalue weighted by Crippen LogP contribution is -2.27. The SMILES string of the molecule is Cc1cc(C(=O)NC(C)c2ccc(S(N)(=O)=O)cc2)c2c(C)nn(C)c2n1. The highest BCUT2D eigenvalue weighted by Gasteiger charge is 2.19. The van der Waals surface area contributed by atoms with E-state index in [0.717, 1.165) is 22.3 Å². The third-order valence-corrected chi connectivity index (χ3v) is 5.33. The highest BCUT2D eigenvalue weighted by atomic mass is 32.2. The molecular formula is C18H21N5O3S. The number of hydrogen-bond acceptors (Lipinski definition) is 5. The summed E-state index contributed by atoms with van der Waals surface area (Å²) in [5.41, 5.74) is 3.38. The van der Waals surface area contributed by atoms with Gasteiger partial charge in [-0.05, 0) is 44.5 Å². The van der Waals surface area contributed by atoms with Gasteiger partial charge in [-0.1, -0.05) is 12.1 Å². The zero-order valence-electron chi connectivity index (χ0n) is 15.5. The summed E-state index contributed by atoms with van der Waals surface area (Å²) >= 11 is 0. The number of fused-ring (bicyclic) bond motifs is 1. The van der Waals surface area contributed by atoms with Gasteiger partial charge in [0, 0.05) is 12.7 Å². The van der Waals surface area contributed by atoms with Gasteiger partial charge in [-0.25, -0.2) is 18.5 Å². The molecule has 0 saturated heterocycles. The number of aryl methyl sites for hydroxylation is 3. The predicted octanol–water partition coefficient (Wildman–Crippen LogP) is 1.72. The number of amides is 1. The number of carbonyl (C=O) groups excluding carboxylic acids is 1. The number of rotatable bonds is 4. The molecule has 0 bridgehead atoms. The zero-order valence-corrected chi connectivity index (χ0v) is 16.3. The maximum absolute atomic E-state index is 12.9. The number of benzene rings is 1. The summed E-state index contributed by atoms with van der Waals surface area (Å²) in [6, 6.07) is 7.53. The summed E-state index contributed by atoms with van der Waals surface area (Å²) in [6.45, 7) is 5.49. The Kier molecular flexibility index (Phi) is 4.75. The minimum absolute atomic E-state index is 0.0298. The molecule has 0 radical (unpaired) electrons. The van der Waals surface area contributed by atoms with Crippen molar-refractivity contribution < 1.29 is 13.2 Å². The van der Waals surface area contributed by atoms with Crippen molar-refractivity contribution in [2.24, 2.45) is 12.2 Å². The fourth-order valence-corrected chi connectivity index (χ4v) is 3.57. The minimum atomic E-state index is -3.75. The largest absolute Gasteiger partial charge is 0.345 e. The van der Waals surface area contributed by atoms with Crippen LogP contribution < -0.4 is 10.5 Å². The standard InChI is InChI=1S/C18H21N5O3S/c1-10-9-15(16-12(3)22-23(4)17(16)20-10)18(24)21-11(2)13-5-7-14(8-6-13)27(19,25)26/h5-9,11H,1-4H3,(H,21,24)(H2,19,25,26). The summed E-state index contributed by atoms with van der Waals surface area (Å²) < 4.78 is 24.4. The van der Waals surface area contributed by atoms with Crippen molar-refractivity contribution in [1.29, 1.82) is 0 Å². The topological polar surface area (TPSA) is 120 Å². The summed E-state index contributed by atoms with van der Waals surface area (Å²) in [4.78, 5) is 17.4. The van der Waals surface area contributed by atoms with Crippen LogP contribution in [-0.4, -0.2) is 29.1 Å². The van der Waals surface area contributed by atoms with Crippen LogP contribution in [0.2, 0.25) is 0 Å². The van der Waals surface area contributed by atoms with Crippen molar-refractivity contribution in [1.82, 2.24) is 20.1 Å². The molecule has 3 aromatic rings. The van der Waals surface area contributed by atoms with Crippen LogP contribution in [0.1, 0.15) is 40.3 Å². The van der Waals surface area contributed by atoms with Crippen molar-refractivity contribution in [2.75, 3.05) is 0 Å². The third-order valence-electron chi connectivity index (χ3n) is 4.40. The fourth-order valence-electron chi connectivity index (χ4n) is 3.05. The number of nitrogens with two attached hydrogens (primary N) is 1. The first-order chi connectivity index (χ1) is 12.6. The van der Waals surface area contributed by atoms with Crippen molar-refractivity contribution in [3.8, 4) is 0 Å². The zero-order chi connectivity index (χ0) is 19.9. The molecule has 0 spiro atoms. The van der Waals surface area contributed by atoms with Gasteiger partial charge in [0.25, 0.3) is 5.91 Å². The first-order valence-electron chi connectivity index (χ1n) is 8.32. The number of nitrogens with one attached hydrogen (secondary N) is 1. The van der Waals surface area contributed by atoms with E-state index in [9.17, 15) is 13.2 Å². The number of carbonyl (C=O) groups is 1. The number of sulfonamides is 1. The summed E-state index contributed by atoms with van der Waals surface area (Å²) in [6.07, 6.45) is 0. The molecule has 2 aromatic heterocycles. The van der Waals surface area contributed by atoms with E-state index >= 15 is 0 Å². The number of hydrogen-bond donors (Lipinski definition) is 2. The first kappa shape index (κ1) is 19.0. The average Bonchev–Trinajstić information content (AvgIpc) is 2.87. The molecule has 3 rings (SSSR count). The number of primary sulfonamides is 1. The van der Waals surface area contributed by atoms with E-state index in [-0.39, 0.29) is 16.8 Å². The van der Waals surface area contributed by atoms with Crippen molar-refractivity contribution in [3.05, 3.63) is 52.8 Å². The quantitative estimate of drug-likeness (QED) is 0.706. The van der Waals surface area contributed by atoms with E-state index in [1.165, 1.54) is 12.1 Å². The molecule has 0 aliphatic rings. The van der Waals surface area contributed by atoms with Gasteiger partial charge in [0.2, 0.25) is 10.0 Å². The number of aromatic nitrogens is 3. The summed E-state index contributed by atoms with van der Waals surface area (Å²) in [7, 11) is -1.96. The molecule has 0 aliphatic heterocycles. The molecule has 0 saturated carbocycles. The maximum atomic E-state index is 12.9. The molecule has 0 fully saturated rings. The van der Waals surface area contributed by atoms with Crippen LogP contribution in [0.3, 0.4) is 0 Å². The van der Waals surface area contributed by atoms with Crippen LogP contribution in [0.4, 0.5) is 0 Å². The predicted molar refractivity (Wildman–Crippen MR) is 102 cm³/mol. The van der Waals surface area contributed by atoms with Gasteiger partial charge in [-0.2, -0.15) is 5.10 Å². The molecule has 2 heterocycles. The van der Waals surface area contributed by atoms with E-state index in [4.69, 9.17) is 5.14 Å². The highest BCUT2D eigenvalue weighted by Crippen LogP contribution is 2.23. The van der Waals surface area contributed by atoms with Crippen LogP contribution in [0.5, 0.6) is 0 Å². The van der Waals surface area contributed by atoms with Gasteiger partial charge in [0.1, 0.15) is 0 Å². The molecule has 1 amide bonds. The molecule has 0 aliphatic carbocycles. The number of pyridine rings is 1. The Hall–Kier alpha value is -2.78. The lowest BCUT2D eigenvalue weighted by atomic mass is 10.1. The van der Waals surface area contributed by atoms with Gasteiger partial charge >= 0.3 is 0 Å². The smallest absolute Gasteiger partial charge is 0.252 e. The van der Waals surface area contributed by atoms with Crippen molar-refractivity contribution in [2.45, 2.75) is 31.7 Å². The molecule has 9 heteroatoms. The van der Waals surface area contributed by atoms with Gasteiger partial charge in [-0.3, -0.25) is 9.48 Å². The second-order valence-corrected chi connectivity index (χ2v) is 8.09. The Morgan fingerprint density at radius 2 is 1.85 bits per heavy atom. The lowest BCUT2D eigenvalue weighted by Gasteiger charge is -2.15. The van der Waals surface area contributed by atoms with Gasteiger partial charge in [0.15, 0.2) is 5.65 Å². The normalized spacial score (nSPS) is 12.9. The van der Waals surface area contributed by atoms with Crippen molar-refractivity contribution >= 4 is 27.0 Å². The molecule has 3 N–H and O–H groups in total. The van der Waals surface area contributed by atoms with Gasteiger partial charge in [0.05, 0.1) is 27.6 Å². The van der Waals surface area contributed by atoms with Gasteiger partial charge < -0.3 is 5.32 Å². The molecule has 1 aromatic carbocycles. The molecular weight excluding hydrogens is 366 g/mol. The second kappa shape index (κ2) is 6.75. The molecule has 8 nitrogen and oxygen atoms in total. The molecule has 142 valence electrons. The van der Waals surface area contributed by atoms with Crippen LogP contribution >= 0.6 is 0 Å². The van der Waals surface area contributed by atoms with Gasteiger partial charge in [-0.15, -0.1) is 0 Å². The first-order valence-corrected chi connectivity index (χ1v) is 9.87. The number of nitrogens with zero attached hydrogens (tertiary/aromatic N) is 3. The maximum Gasteiger partial charge on any atom is 0.252 e. The van der Waals surface area contributed by atoms with E-state index in [2.05, 4.69) is 15.4 Å². The Balaban J connectivity index is 1.90. The van der Waals surface area contributed by atoms with E-state index in [1.807, 2.05) is 20.8 Å². The third kappa shape index (κ3) is 3.69. The Labute approximate surface area is 157 Å². The highest BCUT2D eigenvalue weighted by molar-refractivity contribution is 7.89. The van der Waals surface area contributed by atoms with Crippen LogP contribution in [0.15, 0.2) is 35.2 Å². The van der Waals surface area contributed by atoms with E-state index < -0.39 is 10.0 Å². The monoisotopic (exact) mass is 387 g/mol. The molecule has 27 heavy (non-hydrogen) atoms. The van der Waals surface area contributed by atoms with E-state index in [0.29, 0.717) is 11.2 Å². The Morgan fingerprint density at radius 1 is 1.22 bits per heavy atom. The van der Waals surface area contributed by atoms with Crippen LogP contribution in [0, 0.1) is 13.8 Å². The van der Waals surface area contributed by atoms with Crippen LogP contribution in [0.25, 0.3) is 11.0 Å². The second-order valence-electron chi connectivity index (χ2n) is 6.53. The lowest BCUT2D eigenvalue weighted by molar-refractivity contribution is 0.0941. The minimum Gasteiger partial charge on any atom is -0.345 e. The molecule has 1 unspecified atom stereocenters. The van der Waals surface area contributed by atoms with E-state index in [1.54, 1.807) is 29.9 Å².